The van der Waals surface area contributed by atoms with Crippen molar-refractivity contribution in [2.45, 2.75) is 0 Å². The Hall–Kier alpha value is 0.0400. The van der Waals surface area contributed by atoms with Crippen LogP contribution in [-0.4, -0.2) is 19.6 Å². The minimum atomic E-state index is -3.13. The Morgan fingerprint density at radius 3 is 0.800 bits per heavy atom. The third-order valence-electron chi connectivity index (χ3n) is 0. The Morgan fingerprint density at radius 1 is 0.800 bits per heavy atom. The van der Waals surface area contributed by atoms with Gasteiger partial charge in [0, 0.05) is 0 Å². The lowest BCUT2D eigenvalue weighted by Gasteiger charge is -1.61. The second-order valence-corrected chi connectivity index (χ2v) is 1.70. The fourth-order valence-electron chi connectivity index (χ4n) is 0. The van der Waals surface area contributed by atoms with Gasteiger partial charge in [0.25, 0.3) is 0 Å². The fraction of sp³-hybridized carbons (Fsp3) is 0. The normalized spacial score (nSPS) is 7.40. The maximum atomic E-state index is 8.74. The first-order valence-corrected chi connectivity index (χ1v) is 4.41. The molecule has 0 fully saturated rings. The second kappa shape index (κ2) is 16.0. The summed E-state index contributed by atoms with van der Waals surface area (Å²) in [7, 11) is -6.26. The maximum Gasteiger partial charge on any atom is 0.314 e. The van der Waals surface area contributed by atoms with Crippen LogP contribution in [0.4, 0.5) is 0 Å². The van der Waals surface area contributed by atoms with Gasteiger partial charge in [0.15, 0.2) is 0 Å². The van der Waals surface area contributed by atoms with Crippen molar-refractivity contribution in [1.82, 2.24) is 0 Å². The number of hydrogen-bond acceptors (Lipinski definition) is 2. The van der Waals surface area contributed by atoms with E-state index in [4.69, 9.17) is 28.7 Å². The van der Waals surface area contributed by atoms with Gasteiger partial charge >= 0.3 is 16.5 Å². The molecule has 0 bridgehead atoms. The van der Waals surface area contributed by atoms with E-state index in [-0.39, 0.29) is 0 Å². The van der Waals surface area contributed by atoms with Gasteiger partial charge in [-0.3, -0.25) is 9.13 Å². The Kier molecular flexibility index (Phi) is 26.5. The van der Waals surface area contributed by atoms with Crippen molar-refractivity contribution >= 4 is 16.5 Å². The topological polar surface area (TPSA) is 115 Å². The van der Waals surface area contributed by atoms with Crippen molar-refractivity contribution in [1.29, 1.82) is 0 Å². The lowest BCUT2D eigenvalue weighted by molar-refractivity contribution is 0.403. The third-order valence-corrected chi connectivity index (χ3v) is 0. The van der Waals surface area contributed by atoms with E-state index in [9.17, 15) is 0 Å². The van der Waals surface area contributed by atoms with Crippen LogP contribution < -0.4 is 0 Å². The van der Waals surface area contributed by atoms with Crippen LogP contribution >= 0.6 is 16.5 Å². The highest BCUT2D eigenvalue weighted by Gasteiger charge is 1.62. The van der Waals surface area contributed by atoms with E-state index in [1.165, 1.54) is 0 Å². The largest absolute Gasteiger partial charge is 0.326 e. The molecule has 0 aromatic rings. The smallest absolute Gasteiger partial charge is 0.314 e. The first-order chi connectivity index (χ1) is 4.46. The average Bonchev–Trinajstić information content (AvgIpc) is 1.66. The maximum absolute atomic E-state index is 8.74. The van der Waals surface area contributed by atoms with Crippen LogP contribution in [0.5, 0.6) is 0 Å². The highest BCUT2D eigenvalue weighted by atomic mass is 31.1. The SMILES string of the molecule is C=C.O=[PH](O)O.O=[PH](O)O. The molecule has 0 rings (SSSR count). The predicted molar refractivity (Wildman–Crippen MR) is 38.1 cm³/mol. The van der Waals surface area contributed by atoms with Crippen LogP contribution in [0.15, 0.2) is 13.2 Å². The molecule has 0 radical (unpaired) electrons. The molecule has 0 atom stereocenters. The lowest BCUT2D eigenvalue weighted by Crippen LogP contribution is -1.38. The zero-order chi connectivity index (χ0) is 9.15. The lowest BCUT2D eigenvalue weighted by atomic mass is 11.3. The fourth-order valence-corrected chi connectivity index (χ4v) is 0. The molecular formula is C2H10O6P2. The number of rotatable bonds is 0. The van der Waals surface area contributed by atoms with Crippen molar-refractivity contribution in [3.05, 3.63) is 13.2 Å². The zero-order valence-corrected chi connectivity index (χ0v) is 7.02. The molecule has 6 nitrogen and oxygen atoms in total. The predicted octanol–water partition coefficient (Wildman–Crippen LogP) is -0.476. The van der Waals surface area contributed by atoms with Gasteiger partial charge < -0.3 is 19.6 Å². The molecule has 8 heteroatoms. The summed E-state index contributed by atoms with van der Waals surface area (Å²) in [6.45, 7) is 6.00. The molecule has 0 unspecified atom stereocenters. The Labute approximate surface area is 59.4 Å². The molecule has 10 heavy (non-hydrogen) atoms. The second-order valence-electron chi connectivity index (χ2n) is 0.565. The minimum absolute atomic E-state index is 3.00. The molecule has 0 aliphatic carbocycles. The number of hydrogen-bond donors (Lipinski definition) is 4. The van der Waals surface area contributed by atoms with Gasteiger partial charge in [-0.2, -0.15) is 0 Å². The quantitative estimate of drug-likeness (QED) is 0.304. The van der Waals surface area contributed by atoms with E-state index in [1.54, 1.807) is 0 Å². The molecular weight excluding hydrogens is 182 g/mol. The van der Waals surface area contributed by atoms with E-state index < -0.39 is 16.5 Å². The zero-order valence-electron chi connectivity index (χ0n) is 5.02. The Bertz CT molecular complexity index is 81.9. The van der Waals surface area contributed by atoms with E-state index >= 15 is 0 Å². The summed E-state index contributed by atoms with van der Waals surface area (Å²) in [5.74, 6) is 0. The third kappa shape index (κ3) is 249000. The molecule has 0 saturated carbocycles. The van der Waals surface area contributed by atoms with Crippen molar-refractivity contribution in [2.24, 2.45) is 0 Å². The first kappa shape index (κ1) is 16.6. The van der Waals surface area contributed by atoms with Gasteiger partial charge in [0.05, 0.1) is 0 Å². The summed E-state index contributed by atoms with van der Waals surface area (Å²) in [6.07, 6.45) is 0. The van der Waals surface area contributed by atoms with Gasteiger partial charge in [-0.1, -0.05) is 0 Å². The van der Waals surface area contributed by atoms with Crippen LogP contribution in [0, 0.1) is 0 Å². The van der Waals surface area contributed by atoms with Crippen molar-refractivity contribution < 1.29 is 28.7 Å². The van der Waals surface area contributed by atoms with Crippen molar-refractivity contribution in [2.75, 3.05) is 0 Å². The summed E-state index contributed by atoms with van der Waals surface area (Å²) in [5.41, 5.74) is 0. The van der Waals surface area contributed by atoms with Crippen molar-refractivity contribution in [3.8, 4) is 0 Å². The van der Waals surface area contributed by atoms with Crippen LogP contribution in [0.2, 0.25) is 0 Å². The van der Waals surface area contributed by atoms with E-state index in [1.807, 2.05) is 0 Å². The molecule has 0 saturated heterocycles. The first-order valence-electron chi connectivity index (χ1n) is 1.80. The molecule has 4 N–H and O–H groups in total. The molecule has 0 aromatic heterocycles. The molecule has 0 amide bonds. The van der Waals surface area contributed by atoms with Gasteiger partial charge in [0.2, 0.25) is 0 Å². The summed E-state index contributed by atoms with van der Waals surface area (Å²) >= 11 is 0. The summed E-state index contributed by atoms with van der Waals surface area (Å²) in [6, 6.07) is 0. The molecule has 0 heterocycles. The monoisotopic (exact) mass is 192 g/mol. The molecule has 64 valence electrons. The van der Waals surface area contributed by atoms with Crippen LogP contribution in [0.3, 0.4) is 0 Å². The van der Waals surface area contributed by atoms with Crippen LogP contribution in [-0.2, 0) is 9.13 Å². The van der Waals surface area contributed by atoms with Gasteiger partial charge in [0.1, 0.15) is 0 Å². The summed E-state index contributed by atoms with van der Waals surface area (Å²) in [4.78, 5) is 28.6. The summed E-state index contributed by atoms with van der Waals surface area (Å²) < 4.78 is 17.5. The van der Waals surface area contributed by atoms with Crippen LogP contribution in [0.25, 0.3) is 0 Å². The molecule has 0 aliphatic rings. The highest BCUT2D eigenvalue weighted by Crippen LogP contribution is 1.98. The molecule has 0 spiro atoms. The van der Waals surface area contributed by atoms with Crippen LogP contribution in [0.1, 0.15) is 0 Å². The standard InChI is InChI=1S/C2H4.2H3O3P/c1-2;2*1-4(2)3/h1-2H2;2*4H,(H2,1,2,3). The molecule has 0 aromatic carbocycles. The van der Waals surface area contributed by atoms with E-state index in [2.05, 4.69) is 13.2 Å². The van der Waals surface area contributed by atoms with Gasteiger partial charge in [-0.05, 0) is 0 Å². The van der Waals surface area contributed by atoms with E-state index in [0.29, 0.717) is 0 Å². The summed E-state index contributed by atoms with van der Waals surface area (Å²) in [5, 5.41) is 0. The minimum Gasteiger partial charge on any atom is -0.326 e. The Balaban J connectivity index is -0.0000000787. The highest BCUT2D eigenvalue weighted by molar-refractivity contribution is 7.31. The van der Waals surface area contributed by atoms with Gasteiger partial charge in [-0.15, -0.1) is 13.2 Å². The molecule has 0 aliphatic heterocycles. The van der Waals surface area contributed by atoms with Gasteiger partial charge in [-0.25, -0.2) is 0 Å². The Morgan fingerprint density at radius 2 is 0.800 bits per heavy atom. The van der Waals surface area contributed by atoms with E-state index in [0.717, 1.165) is 0 Å². The average molecular weight is 192 g/mol. The van der Waals surface area contributed by atoms with Crippen molar-refractivity contribution in [3.63, 3.8) is 0 Å².